The van der Waals surface area contributed by atoms with E-state index in [-0.39, 0.29) is 0 Å². The van der Waals surface area contributed by atoms with E-state index in [1.165, 1.54) is 0 Å². The van der Waals surface area contributed by atoms with Crippen LogP contribution in [-0.2, 0) is 0 Å². The average molecular weight is 225 g/mol. The second kappa shape index (κ2) is 4.16. The van der Waals surface area contributed by atoms with E-state index in [0.717, 1.165) is 15.6 Å². The molecule has 74 valence electrons. The molecule has 2 heterocycles. The van der Waals surface area contributed by atoms with Crippen molar-refractivity contribution in [2.24, 2.45) is 5.73 Å². The molecule has 1 atom stereocenters. The van der Waals surface area contributed by atoms with Crippen LogP contribution in [0.3, 0.4) is 0 Å². The van der Waals surface area contributed by atoms with Crippen LogP contribution in [0, 0.1) is 0 Å². The largest absolute Gasteiger partial charge is 0.330 e. The molecular weight excluding hydrogens is 214 g/mol. The summed E-state index contributed by atoms with van der Waals surface area (Å²) in [5.41, 5.74) is 8.43. The SMILES string of the molecule is CC(CN)c1nc(-c2cncs2)cs1. The molecule has 0 aromatic carbocycles. The highest BCUT2D eigenvalue weighted by Gasteiger charge is 2.10. The zero-order valence-electron chi connectivity index (χ0n) is 7.80. The number of nitrogens with zero attached hydrogens (tertiary/aromatic N) is 2. The molecule has 0 radical (unpaired) electrons. The molecule has 2 rings (SSSR count). The Kier molecular flexibility index (Phi) is 2.90. The third kappa shape index (κ3) is 1.84. The Bertz CT molecular complexity index is 394. The van der Waals surface area contributed by atoms with Crippen molar-refractivity contribution in [3.05, 3.63) is 22.1 Å². The van der Waals surface area contributed by atoms with Crippen molar-refractivity contribution in [2.75, 3.05) is 6.54 Å². The summed E-state index contributed by atoms with van der Waals surface area (Å²) >= 11 is 3.28. The van der Waals surface area contributed by atoms with Crippen molar-refractivity contribution in [1.82, 2.24) is 9.97 Å². The molecule has 2 N–H and O–H groups in total. The standard InChI is InChI=1S/C9H11N3S2/c1-6(2-10)9-12-7(4-13-9)8-3-11-5-14-8/h3-6H,2,10H2,1H3. The molecule has 2 aromatic rings. The second-order valence-electron chi connectivity index (χ2n) is 3.07. The van der Waals surface area contributed by atoms with Gasteiger partial charge in [-0.05, 0) is 0 Å². The van der Waals surface area contributed by atoms with E-state index in [1.54, 1.807) is 22.7 Å². The summed E-state index contributed by atoms with van der Waals surface area (Å²) in [7, 11) is 0. The second-order valence-corrected chi connectivity index (χ2v) is 4.85. The van der Waals surface area contributed by atoms with Gasteiger partial charge in [-0.25, -0.2) is 4.98 Å². The first kappa shape index (κ1) is 9.76. The Hall–Kier alpha value is -0.780. The fraction of sp³-hybridized carbons (Fsp3) is 0.333. The lowest BCUT2D eigenvalue weighted by atomic mass is 10.2. The van der Waals surface area contributed by atoms with Crippen LogP contribution in [0.4, 0.5) is 0 Å². The fourth-order valence-corrected chi connectivity index (χ4v) is 2.62. The number of hydrogen-bond acceptors (Lipinski definition) is 5. The van der Waals surface area contributed by atoms with Crippen molar-refractivity contribution in [2.45, 2.75) is 12.8 Å². The highest BCUT2D eigenvalue weighted by molar-refractivity contribution is 7.14. The van der Waals surface area contributed by atoms with E-state index in [1.807, 2.05) is 11.7 Å². The molecule has 0 aliphatic rings. The van der Waals surface area contributed by atoms with Crippen LogP contribution in [0.2, 0.25) is 0 Å². The van der Waals surface area contributed by atoms with Gasteiger partial charge in [0, 0.05) is 24.0 Å². The fourth-order valence-electron chi connectivity index (χ4n) is 1.07. The summed E-state index contributed by atoms with van der Waals surface area (Å²) < 4.78 is 0. The first-order valence-electron chi connectivity index (χ1n) is 4.35. The summed E-state index contributed by atoms with van der Waals surface area (Å²) in [4.78, 5) is 9.69. The topological polar surface area (TPSA) is 51.8 Å². The number of rotatable bonds is 3. The third-order valence-electron chi connectivity index (χ3n) is 1.98. The summed E-state index contributed by atoms with van der Waals surface area (Å²) in [6.07, 6.45) is 1.84. The number of aromatic nitrogens is 2. The van der Waals surface area contributed by atoms with E-state index in [2.05, 4.69) is 22.3 Å². The van der Waals surface area contributed by atoms with E-state index in [0.29, 0.717) is 12.5 Å². The molecule has 3 nitrogen and oxygen atoms in total. The zero-order valence-corrected chi connectivity index (χ0v) is 9.44. The monoisotopic (exact) mass is 225 g/mol. The molecule has 1 unspecified atom stereocenters. The van der Waals surface area contributed by atoms with Crippen LogP contribution in [0.1, 0.15) is 17.8 Å². The minimum Gasteiger partial charge on any atom is -0.330 e. The third-order valence-corrected chi connectivity index (χ3v) is 3.85. The van der Waals surface area contributed by atoms with Crippen LogP contribution >= 0.6 is 22.7 Å². The van der Waals surface area contributed by atoms with Gasteiger partial charge >= 0.3 is 0 Å². The summed E-state index contributed by atoms with van der Waals surface area (Å²) in [5, 5.41) is 3.17. The highest BCUT2D eigenvalue weighted by atomic mass is 32.1. The van der Waals surface area contributed by atoms with Crippen LogP contribution in [-0.4, -0.2) is 16.5 Å². The molecule has 0 saturated carbocycles. The Morgan fingerprint density at radius 3 is 3.00 bits per heavy atom. The molecule has 0 bridgehead atoms. The van der Waals surface area contributed by atoms with Gasteiger partial charge in [-0.3, -0.25) is 4.98 Å². The first-order chi connectivity index (χ1) is 6.81. The molecule has 2 aromatic heterocycles. The van der Waals surface area contributed by atoms with Crippen molar-refractivity contribution in [3.63, 3.8) is 0 Å². The highest BCUT2D eigenvalue weighted by Crippen LogP contribution is 2.27. The summed E-state index contributed by atoms with van der Waals surface area (Å²) in [6, 6.07) is 0. The number of thiazole rings is 2. The molecule has 0 spiro atoms. The summed E-state index contributed by atoms with van der Waals surface area (Å²) in [5.74, 6) is 0.349. The lowest BCUT2D eigenvalue weighted by molar-refractivity contribution is 0.767. The molecule has 5 heteroatoms. The lowest BCUT2D eigenvalue weighted by Gasteiger charge is -2.01. The maximum atomic E-state index is 5.59. The van der Waals surface area contributed by atoms with E-state index in [9.17, 15) is 0 Å². The zero-order chi connectivity index (χ0) is 9.97. The molecular formula is C9H11N3S2. The van der Waals surface area contributed by atoms with Gasteiger partial charge in [-0.2, -0.15) is 0 Å². The molecule has 0 aliphatic carbocycles. The van der Waals surface area contributed by atoms with Gasteiger partial charge in [-0.1, -0.05) is 6.92 Å². The van der Waals surface area contributed by atoms with Crippen LogP contribution in [0.15, 0.2) is 17.1 Å². The number of nitrogens with two attached hydrogens (primary N) is 1. The number of hydrogen-bond donors (Lipinski definition) is 1. The van der Waals surface area contributed by atoms with E-state index >= 15 is 0 Å². The minimum atomic E-state index is 0.349. The predicted molar refractivity (Wildman–Crippen MR) is 60.7 cm³/mol. The minimum absolute atomic E-state index is 0.349. The van der Waals surface area contributed by atoms with Crippen LogP contribution in [0.25, 0.3) is 10.6 Å². The Morgan fingerprint density at radius 1 is 1.50 bits per heavy atom. The average Bonchev–Trinajstić information content (AvgIpc) is 2.86. The Labute approximate surface area is 90.6 Å². The van der Waals surface area contributed by atoms with Gasteiger partial charge in [-0.15, -0.1) is 22.7 Å². The summed E-state index contributed by atoms with van der Waals surface area (Å²) in [6.45, 7) is 2.74. The van der Waals surface area contributed by atoms with Crippen molar-refractivity contribution < 1.29 is 0 Å². The van der Waals surface area contributed by atoms with Gasteiger partial charge in [0.2, 0.25) is 0 Å². The molecule has 14 heavy (non-hydrogen) atoms. The van der Waals surface area contributed by atoms with Crippen LogP contribution in [0.5, 0.6) is 0 Å². The predicted octanol–water partition coefficient (Wildman–Crippen LogP) is 2.33. The van der Waals surface area contributed by atoms with Crippen molar-refractivity contribution in [1.29, 1.82) is 0 Å². The normalized spacial score (nSPS) is 13.0. The Balaban J connectivity index is 2.26. The lowest BCUT2D eigenvalue weighted by Crippen LogP contribution is -2.08. The van der Waals surface area contributed by atoms with E-state index < -0.39 is 0 Å². The van der Waals surface area contributed by atoms with Crippen LogP contribution < -0.4 is 5.73 Å². The maximum Gasteiger partial charge on any atom is 0.0973 e. The van der Waals surface area contributed by atoms with Gasteiger partial charge in [0.25, 0.3) is 0 Å². The molecule has 0 saturated heterocycles. The quantitative estimate of drug-likeness (QED) is 0.872. The smallest absolute Gasteiger partial charge is 0.0973 e. The van der Waals surface area contributed by atoms with Crippen molar-refractivity contribution in [3.8, 4) is 10.6 Å². The molecule has 0 aliphatic heterocycles. The Morgan fingerprint density at radius 2 is 2.36 bits per heavy atom. The molecule has 0 fully saturated rings. The van der Waals surface area contributed by atoms with E-state index in [4.69, 9.17) is 5.73 Å². The first-order valence-corrected chi connectivity index (χ1v) is 6.11. The van der Waals surface area contributed by atoms with Crippen molar-refractivity contribution >= 4 is 22.7 Å². The molecule has 0 amide bonds. The van der Waals surface area contributed by atoms with Gasteiger partial charge in [0.15, 0.2) is 0 Å². The van der Waals surface area contributed by atoms with Gasteiger partial charge in [0.1, 0.15) is 0 Å². The maximum absolute atomic E-state index is 5.59. The van der Waals surface area contributed by atoms with Gasteiger partial charge in [0.05, 0.1) is 21.1 Å². The van der Waals surface area contributed by atoms with Gasteiger partial charge < -0.3 is 5.73 Å².